The van der Waals surface area contributed by atoms with Crippen molar-refractivity contribution in [2.24, 2.45) is 0 Å². The van der Waals surface area contributed by atoms with Crippen LogP contribution in [0.5, 0.6) is 0 Å². The summed E-state index contributed by atoms with van der Waals surface area (Å²) in [6.07, 6.45) is 2.37. The van der Waals surface area contributed by atoms with Crippen LogP contribution >= 0.6 is 11.8 Å². The van der Waals surface area contributed by atoms with Crippen LogP contribution in [0, 0.1) is 6.92 Å². The smallest absolute Gasteiger partial charge is 0.232 e. The molecule has 0 saturated carbocycles. The number of hydrogen-bond donors (Lipinski definition) is 1. The van der Waals surface area contributed by atoms with E-state index in [2.05, 4.69) is 56.2 Å². The van der Waals surface area contributed by atoms with Gasteiger partial charge in [0.2, 0.25) is 11.9 Å². The molecule has 0 spiro atoms. The van der Waals surface area contributed by atoms with Crippen LogP contribution in [0.3, 0.4) is 0 Å². The van der Waals surface area contributed by atoms with Crippen molar-refractivity contribution in [3.05, 3.63) is 29.8 Å². The first-order valence-electron chi connectivity index (χ1n) is 8.36. The molecule has 6 nitrogen and oxygen atoms in total. The molecule has 128 valence electrons. The third kappa shape index (κ3) is 3.72. The van der Waals surface area contributed by atoms with Crippen molar-refractivity contribution < 1.29 is 4.79 Å². The summed E-state index contributed by atoms with van der Waals surface area (Å²) in [4.78, 5) is 14.0. The van der Waals surface area contributed by atoms with Gasteiger partial charge in [-0.2, -0.15) is 0 Å². The number of thioether (sulfide) groups is 1. The first-order valence-corrected chi connectivity index (χ1v) is 9.34. The molecule has 1 aromatic carbocycles. The fraction of sp³-hybridized carbons (Fsp3) is 0.471. The molecule has 3 rings (SSSR count). The van der Waals surface area contributed by atoms with Gasteiger partial charge in [-0.3, -0.25) is 9.36 Å². The number of hydrogen-bond acceptors (Lipinski definition) is 5. The lowest BCUT2D eigenvalue weighted by Gasteiger charge is -2.18. The average Bonchev–Trinajstić information content (AvgIpc) is 3.23. The van der Waals surface area contributed by atoms with Crippen LogP contribution < -0.4 is 10.2 Å². The van der Waals surface area contributed by atoms with Gasteiger partial charge in [0, 0.05) is 19.6 Å². The van der Waals surface area contributed by atoms with Gasteiger partial charge >= 0.3 is 0 Å². The van der Waals surface area contributed by atoms with Gasteiger partial charge in [0.1, 0.15) is 0 Å². The molecular weight excluding hydrogens is 322 g/mol. The molecule has 2 aromatic rings. The highest BCUT2D eigenvalue weighted by atomic mass is 32.2. The van der Waals surface area contributed by atoms with E-state index < -0.39 is 0 Å². The molecule has 1 aliphatic heterocycles. The molecule has 24 heavy (non-hydrogen) atoms. The minimum absolute atomic E-state index is 0.0173. The standard InChI is InChI=1S/C17H23N5OS/c1-3-18-15(23)12-24-17-20-19-16(21-10-4-5-11-21)22(17)14-8-6-13(2)7-9-14/h6-9H,3-5,10-12H2,1-2H3,(H,18,23). The molecule has 7 heteroatoms. The molecule has 1 amide bonds. The molecule has 1 saturated heterocycles. The Morgan fingerprint density at radius 3 is 2.58 bits per heavy atom. The van der Waals surface area contributed by atoms with Crippen LogP contribution in [-0.2, 0) is 4.79 Å². The predicted octanol–water partition coefficient (Wildman–Crippen LogP) is 2.40. The lowest BCUT2D eigenvalue weighted by Crippen LogP contribution is -2.24. The largest absolute Gasteiger partial charge is 0.356 e. The van der Waals surface area contributed by atoms with Crippen LogP contribution in [0.15, 0.2) is 29.4 Å². The minimum atomic E-state index is 0.0173. The van der Waals surface area contributed by atoms with Gasteiger partial charge < -0.3 is 10.2 Å². The van der Waals surface area contributed by atoms with E-state index in [9.17, 15) is 4.79 Å². The first-order chi connectivity index (χ1) is 11.7. The summed E-state index contributed by atoms with van der Waals surface area (Å²) in [6.45, 7) is 6.64. The summed E-state index contributed by atoms with van der Waals surface area (Å²) in [5.41, 5.74) is 2.25. The van der Waals surface area contributed by atoms with E-state index in [-0.39, 0.29) is 5.91 Å². The molecule has 0 atom stereocenters. The molecule has 0 aliphatic carbocycles. The van der Waals surface area contributed by atoms with Gasteiger partial charge in [-0.25, -0.2) is 0 Å². The van der Waals surface area contributed by atoms with Crippen molar-refractivity contribution in [3.63, 3.8) is 0 Å². The monoisotopic (exact) mass is 345 g/mol. The van der Waals surface area contributed by atoms with Crippen LogP contribution in [0.25, 0.3) is 5.69 Å². The number of nitrogens with one attached hydrogen (secondary N) is 1. The maximum absolute atomic E-state index is 11.8. The predicted molar refractivity (Wildman–Crippen MR) is 97.0 cm³/mol. The Balaban J connectivity index is 1.90. The Kier molecular flexibility index (Phi) is 5.40. The van der Waals surface area contributed by atoms with Crippen molar-refractivity contribution in [2.75, 3.05) is 30.3 Å². The molecule has 0 radical (unpaired) electrons. The Morgan fingerprint density at radius 2 is 1.92 bits per heavy atom. The number of aryl methyl sites for hydroxylation is 1. The Hall–Kier alpha value is -2.02. The number of amides is 1. The number of benzene rings is 1. The number of aromatic nitrogens is 3. The van der Waals surface area contributed by atoms with E-state index in [1.165, 1.54) is 30.2 Å². The highest BCUT2D eigenvalue weighted by Crippen LogP contribution is 2.28. The van der Waals surface area contributed by atoms with Gasteiger partial charge in [-0.15, -0.1) is 10.2 Å². The molecule has 1 aliphatic rings. The second kappa shape index (κ2) is 7.70. The molecule has 1 N–H and O–H groups in total. The maximum Gasteiger partial charge on any atom is 0.232 e. The number of carbonyl (C=O) groups is 1. The zero-order valence-corrected chi connectivity index (χ0v) is 15.0. The van der Waals surface area contributed by atoms with Crippen molar-refractivity contribution in [1.29, 1.82) is 0 Å². The Morgan fingerprint density at radius 1 is 1.21 bits per heavy atom. The van der Waals surface area contributed by atoms with Crippen molar-refractivity contribution >= 4 is 23.6 Å². The van der Waals surface area contributed by atoms with E-state index in [1.807, 2.05) is 6.92 Å². The third-order valence-electron chi connectivity index (χ3n) is 4.00. The minimum Gasteiger partial charge on any atom is -0.356 e. The lowest BCUT2D eigenvalue weighted by molar-refractivity contribution is -0.118. The lowest BCUT2D eigenvalue weighted by atomic mass is 10.2. The van der Waals surface area contributed by atoms with Gasteiger partial charge in [0.25, 0.3) is 0 Å². The third-order valence-corrected chi connectivity index (χ3v) is 4.93. The number of anilines is 1. The summed E-state index contributed by atoms with van der Waals surface area (Å²) in [5.74, 6) is 1.23. The highest BCUT2D eigenvalue weighted by Gasteiger charge is 2.22. The van der Waals surface area contributed by atoms with Crippen molar-refractivity contribution in [1.82, 2.24) is 20.1 Å². The Labute approximate surface area is 146 Å². The fourth-order valence-corrected chi connectivity index (χ4v) is 3.55. The summed E-state index contributed by atoms with van der Waals surface area (Å²) in [6, 6.07) is 8.32. The van der Waals surface area contributed by atoms with Crippen LogP contribution in [-0.4, -0.2) is 46.1 Å². The molecular formula is C17H23N5OS. The Bertz CT molecular complexity index is 692. The van der Waals surface area contributed by atoms with Gasteiger partial charge in [0.05, 0.1) is 11.4 Å². The number of nitrogens with zero attached hydrogens (tertiary/aromatic N) is 4. The highest BCUT2D eigenvalue weighted by molar-refractivity contribution is 7.99. The summed E-state index contributed by atoms with van der Waals surface area (Å²) >= 11 is 1.42. The average molecular weight is 345 g/mol. The van der Waals surface area contributed by atoms with Crippen LogP contribution in [0.1, 0.15) is 25.3 Å². The number of rotatable bonds is 6. The topological polar surface area (TPSA) is 63.1 Å². The normalized spacial score (nSPS) is 14.2. The van der Waals surface area contributed by atoms with Crippen molar-refractivity contribution in [3.8, 4) is 5.69 Å². The molecule has 2 heterocycles. The molecule has 1 aromatic heterocycles. The first kappa shape index (κ1) is 16.8. The molecule has 0 bridgehead atoms. The van der Waals surface area contributed by atoms with E-state index in [1.54, 1.807) is 0 Å². The zero-order valence-electron chi connectivity index (χ0n) is 14.2. The second-order valence-electron chi connectivity index (χ2n) is 5.89. The van der Waals surface area contributed by atoms with E-state index >= 15 is 0 Å². The van der Waals surface area contributed by atoms with Gasteiger partial charge in [-0.05, 0) is 38.8 Å². The summed E-state index contributed by atoms with van der Waals surface area (Å²) in [7, 11) is 0. The second-order valence-corrected chi connectivity index (χ2v) is 6.83. The SMILES string of the molecule is CCNC(=O)CSc1nnc(N2CCCC2)n1-c1ccc(C)cc1. The summed E-state index contributed by atoms with van der Waals surface area (Å²) in [5, 5.41) is 12.3. The van der Waals surface area contributed by atoms with Crippen LogP contribution in [0.2, 0.25) is 0 Å². The van der Waals surface area contributed by atoms with Gasteiger partial charge in [0.15, 0.2) is 5.16 Å². The van der Waals surface area contributed by atoms with Crippen molar-refractivity contribution in [2.45, 2.75) is 31.8 Å². The van der Waals surface area contributed by atoms with E-state index in [4.69, 9.17) is 0 Å². The maximum atomic E-state index is 11.8. The number of carbonyl (C=O) groups excluding carboxylic acids is 1. The van der Waals surface area contributed by atoms with Crippen LogP contribution in [0.4, 0.5) is 5.95 Å². The molecule has 1 fully saturated rings. The zero-order chi connectivity index (χ0) is 16.9. The van der Waals surface area contributed by atoms with E-state index in [0.29, 0.717) is 12.3 Å². The van der Waals surface area contributed by atoms with Gasteiger partial charge in [-0.1, -0.05) is 29.5 Å². The van der Waals surface area contributed by atoms with E-state index in [0.717, 1.165) is 29.9 Å². The quantitative estimate of drug-likeness (QED) is 0.815. The molecule has 0 unspecified atom stereocenters. The fourth-order valence-electron chi connectivity index (χ4n) is 2.78. The summed E-state index contributed by atoms with van der Waals surface area (Å²) < 4.78 is 2.06.